The maximum atomic E-state index is 11.3. The minimum absolute atomic E-state index is 0.117. The molecule has 5 N–H and O–H groups in total. The third-order valence-electron chi connectivity index (χ3n) is 2.88. The fourth-order valence-electron chi connectivity index (χ4n) is 1.94. The monoisotopic (exact) mass is 269 g/mol. The Balaban J connectivity index is 2.43. The molecule has 0 fully saturated rings. The van der Waals surface area contributed by atoms with Crippen molar-refractivity contribution in [3.63, 3.8) is 0 Å². The van der Waals surface area contributed by atoms with Gasteiger partial charge in [0.1, 0.15) is 0 Å². The number of nitrogens with two attached hydrogens (primary N) is 1. The second kappa shape index (κ2) is 5.88. The molecule has 0 saturated heterocycles. The van der Waals surface area contributed by atoms with E-state index in [0.717, 1.165) is 11.1 Å². The van der Waals surface area contributed by atoms with Crippen LogP contribution in [0.3, 0.4) is 0 Å². The van der Waals surface area contributed by atoms with Crippen molar-refractivity contribution < 1.29 is 9.90 Å². The fourth-order valence-corrected chi connectivity index (χ4v) is 1.94. The Bertz CT molecular complexity index is 639. The maximum Gasteiger partial charge on any atom is 0.336 e. The first kappa shape index (κ1) is 13.6. The van der Waals surface area contributed by atoms with E-state index >= 15 is 0 Å². The van der Waals surface area contributed by atoms with Gasteiger partial charge in [-0.05, 0) is 28.8 Å². The van der Waals surface area contributed by atoms with Crippen LogP contribution in [0, 0.1) is 5.41 Å². The molecule has 0 saturated carbocycles. The highest BCUT2D eigenvalue weighted by molar-refractivity contribution is 5.96. The summed E-state index contributed by atoms with van der Waals surface area (Å²) in [6.07, 6.45) is 0. The average Bonchev–Trinajstić information content (AvgIpc) is 2.45. The summed E-state index contributed by atoms with van der Waals surface area (Å²) in [5.41, 5.74) is 7.86. The zero-order chi connectivity index (χ0) is 14.5. The lowest BCUT2D eigenvalue weighted by Gasteiger charge is -2.10. The van der Waals surface area contributed by atoms with Crippen molar-refractivity contribution in [2.24, 2.45) is 5.73 Å². The van der Waals surface area contributed by atoms with Gasteiger partial charge in [-0.15, -0.1) is 0 Å². The number of carboxylic acids is 1. The third kappa shape index (κ3) is 3.14. The van der Waals surface area contributed by atoms with Crippen molar-refractivity contribution in [1.82, 2.24) is 5.32 Å². The number of nitrogens with one attached hydrogen (secondary N) is 2. The highest BCUT2D eigenvalue weighted by Crippen LogP contribution is 2.25. The van der Waals surface area contributed by atoms with Crippen molar-refractivity contribution in [3.05, 3.63) is 59.7 Å². The van der Waals surface area contributed by atoms with Gasteiger partial charge in [-0.2, -0.15) is 0 Å². The van der Waals surface area contributed by atoms with Crippen molar-refractivity contribution >= 4 is 11.9 Å². The number of guanidine groups is 1. The molecule has 0 aromatic heterocycles. The second-order valence-corrected chi connectivity index (χ2v) is 4.32. The van der Waals surface area contributed by atoms with Crippen LogP contribution < -0.4 is 11.1 Å². The number of hydrogen-bond acceptors (Lipinski definition) is 2. The molecule has 0 aliphatic carbocycles. The smallest absolute Gasteiger partial charge is 0.336 e. The molecule has 2 rings (SSSR count). The predicted molar refractivity (Wildman–Crippen MR) is 77.6 cm³/mol. The molecule has 2 aromatic carbocycles. The van der Waals surface area contributed by atoms with Crippen LogP contribution in [-0.2, 0) is 6.54 Å². The molecule has 2 aromatic rings. The largest absolute Gasteiger partial charge is 0.478 e. The predicted octanol–water partition coefficient (Wildman–Crippen LogP) is 2.03. The summed E-state index contributed by atoms with van der Waals surface area (Å²) in [4.78, 5) is 11.3. The highest BCUT2D eigenvalue weighted by Gasteiger charge is 2.12. The van der Waals surface area contributed by atoms with E-state index in [4.69, 9.17) is 11.1 Å². The topological polar surface area (TPSA) is 99.2 Å². The number of carboxylic acid groups (broad SMARTS) is 1. The fraction of sp³-hybridized carbons (Fsp3) is 0.0667. The Hall–Kier alpha value is -2.82. The summed E-state index contributed by atoms with van der Waals surface area (Å²) in [6.45, 7) is 0.384. The molecular weight excluding hydrogens is 254 g/mol. The molecular formula is C15H15N3O2. The van der Waals surface area contributed by atoms with E-state index in [9.17, 15) is 9.90 Å². The van der Waals surface area contributed by atoms with Gasteiger partial charge >= 0.3 is 5.97 Å². The molecule has 0 heterocycles. The van der Waals surface area contributed by atoms with Crippen LogP contribution in [0.1, 0.15) is 15.9 Å². The summed E-state index contributed by atoms with van der Waals surface area (Å²) in [5, 5.41) is 19.1. The number of benzene rings is 2. The van der Waals surface area contributed by atoms with Crippen LogP contribution in [0.25, 0.3) is 11.1 Å². The second-order valence-electron chi connectivity index (χ2n) is 4.32. The Labute approximate surface area is 116 Å². The Morgan fingerprint density at radius 1 is 1.20 bits per heavy atom. The number of aromatic carboxylic acids is 1. The van der Waals surface area contributed by atoms with E-state index in [1.165, 1.54) is 0 Å². The Kier molecular flexibility index (Phi) is 4.00. The van der Waals surface area contributed by atoms with Gasteiger partial charge in [0.2, 0.25) is 0 Å². The first-order chi connectivity index (χ1) is 9.58. The SMILES string of the molecule is N=C(N)NCc1ccc(C(=O)O)c(-c2ccccc2)c1. The van der Waals surface area contributed by atoms with E-state index in [-0.39, 0.29) is 11.5 Å². The zero-order valence-electron chi connectivity index (χ0n) is 10.8. The first-order valence-electron chi connectivity index (χ1n) is 6.07. The molecule has 0 bridgehead atoms. The number of rotatable bonds is 4. The molecule has 102 valence electrons. The minimum Gasteiger partial charge on any atom is -0.478 e. The summed E-state index contributed by atoms with van der Waals surface area (Å²) >= 11 is 0. The average molecular weight is 269 g/mol. The van der Waals surface area contributed by atoms with E-state index in [0.29, 0.717) is 12.1 Å². The summed E-state index contributed by atoms with van der Waals surface area (Å²) in [5.74, 6) is -1.08. The van der Waals surface area contributed by atoms with Crippen LogP contribution in [0.5, 0.6) is 0 Å². The van der Waals surface area contributed by atoms with Gasteiger partial charge in [0.15, 0.2) is 5.96 Å². The molecule has 5 nitrogen and oxygen atoms in total. The van der Waals surface area contributed by atoms with Gasteiger partial charge in [0.25, 0.3) is 0 Å². The molecule has 0 aliphatic heterocycles. The lowest BCUT2D eigenvalue weighted by Crippen LogP contribution is -2.29. The highest BCUT2D eigenvalue weighted by atomic mass is 16.4. The van der Waals surface area contributed by atoms with Crippen molar-refractivity contribution in [2.45, 2.75) is 6.54 Å². The van der Waals surface area contributed by atoms with Gasteiger partial charge in [0.05, 0.1) is 5.56 Å². The molecule has 20 heavy (non-hydrogen) atoms. The quantitative estimate of drug-likeness (QED) is 0.504. The normalized spacial score (nSPS) is 10.0. The van der Waals surface area contributed by atoms with E-state index in [2.05, 4.69) is 5.32 Å². The number of hydrogen-bond donors (Lipinski definition) is 4. The minimum atomic E-state index is -0.963. The number of carbonyl (C=O) groups is 1. The van der Waals surface area contributed by atoms with Crippen molar-refractivity contribution in [2.75, 3.05) is 0 Å². The molecule has 5 heteroatoms. The lowest BCUT2D eigenvalue weighted by molar-refractivity contribution is 0.0697. The van der Waals surface area contributed by atoms with Crippen LogP contribution >= 0.6 is 0 Å². The maximum absolute atomic E-state index is 11.3. The van der Waals surface area contributed by atoms with Gasteiger partial charge in [-0.25, -0.2) is 4.79 Å². The van der Waals surface area contributed by atoms with Gasteiger partial charge in [-0.1, -0.05) is 36.4 Å². The zero-order valence-corrected chi connectivity index (χ0v) is 10.8. The molecule has 0 spiro atoms. The molecule has 0 aliphatic rings. The van der Waals surface area contributed by atoms with Gasteiger partial charge in [-0.3, -0.25) is 5.41 Å². The third-order valence-corrected chi connectivity index (χ3v) is 2.88. The molecule has 0 unspecified atom stereocenters. The van der Waals surface area contributed by atoms with E-state index < -0.39 is 5.97 Å². The standard InChI is InChI=1S/C15H15N3O2/c16-15(17)18-9-10-6-7-12(14(19)20)13(8-10)11-4-2-1-3-5-11/h1-8H,9H2,(H,19,20)(H4,16,17,18). The van der Waals surface area contributed by atoms with Crippen LogP contribution in [0.15, 0.2) is 48.5 Å². The summed E-state index contributed by atoms with van der Waals surface area (Å²) in [6, 6.07) is 14.4. The Morgan fingerprint density at radius 2 is 1.90 bits per heavy atom. The van der Waals surface area contributed by atoms with Crippen molar-refractivity contribution in [1.29, 1.82) is 5.41 Å². The van der Waals surface area contributed by atoms with Crippen molar-refractivity contribution in [3.8, 4) is 11.1 Å². The summed E-state index contributed by atoms with van der Waals surface area (Å²) in [7, 11) is 0. The van der Waals surface area contributed by atoms with Crippen LogP contribution in [0.4, 0.5) is 0 Å². The van der Waals surface area contributed by atoms with Gasteiger partial charge < -0.3 is 16.2 Å². The molecule has 0 radical (unpaired) electrons. The lowest BCUT2D eigenvalue weighted by atomic mass is 9.97. The summed E-state index contributed by atoms with van der Waals surface area (Å²) < 4.78 is 0. The van der Waals surface area contributed by atoms with Crippen LogP contribution in [0.2, 0.25) is 0 Å². The van der Waals surface area contributed by atoms with E-state index in [1.807, 2.05) is 30.3 Å². The van der Waals surface area contributed by atoms with E-state index in [1.54, 1.807) is 18.2 Å². The Morgan fingerprint density at radius 3 is 2.50 bits per heavy atom. The van der Waals surface area contributed by atoms with Gasteiger partial charge in [0, 0.05) is 6.54 Å². The first-order valence-corrected chi connectivity index (χ1v) is 6.07. The van der Waals surface area contributed by atoms with Crippen LogP contribution in [-0.4, -0.2) is 17.0 Å². The molecule has 0 amide bonds. The molecule has 0 atom stereocenters.